The second-order valence-electron chi connectivity index (χ2n) is 23.8. The van der Waals surface area contributed by atoms with Gasteiger partial charge in [-0.05, 0) is 161 Å². The highest BCUT2D eigenvalue weighted by atomic mass is 32.1. The van der Waals surface area contributed by atoms with Crippen molar-refractivity contribution in [1.82, 2.24) is 0 Å². The summed E-state index contributed by atoms with van der Waals surface area (Å²) < 4.78 is 5.09. The van der Waals surface area contributed by atoms with Crippen LogP contribution in [0.5, 0.6) is 0 Å². The minimum Gasteiger partial charge on any atom is -0.308 e. The van der Waals surface area contributed by atoms with Gasteiger partial charge in [0.15, 0.2) is 0 Å². The maximum atomic E-state index is 2.49. The molecule has 430 valence electrons. The molecule has 18 aromatic rings. The van der Waals surface area contributed by atoms with E-state index in [1.807, 2.05) is 22.7 Å². The maximum Gasteiger partial charge on any atom is 0.0640 e. The van der Waals surface area contributed by atoms with Crippen LogP contribution in [0.1, 0.15) is 0 Å². The van der Waals surface area contributed by atoms with Crippen molar-refractivity contribution in [1.29, 1.82) is 0 Å². The number of hydrogen-bond donors (Lipinski definition) is 0. The Morgan fingerprint density at radius 1 is 0.196 bits per heavy atom. The number of anilines is 6. The summed E-state index contributed by atoms with van der Waals surface area (Å²) in [5, 5.41) is 12.6. The molecule has 2 heterocycles. The average Bonchev–Trinajstić information content (AvgIpc) is 0.775. The van der Waals surface area contributed by atoms with Crippen LogP contribution in [0.2, 0.25) is 0 Å². The molecule has 0 spiro atoms. The molecule has 0 saturated heterocycles. The molecule has 0 amide bonds. The van der Waals surface area contributed by atoms with Crippen LogP contribution in [0.3, 0.4) is 0 Å². The Morgan fingerprint density at radius 3 is 0.946 bits per heavy atom. The van der Waals surface area contributed by atoms with E-state index >= 15 is 0 Å². The molecular formula is C88H56N2S2. The van der Waals surface area contributed by atoms with Crippen molar-refractivity contribution in [3.8, 4) is 66.8 Å². The molecule has 2 aromatic heterocycles. The fourth-order valence-electron chi connectivity index (χ4n) is 14.3. The molecule has 0 aliphatic rings. The van der Waals surface area contributed by atoms with Gasteiger partial charge in [-0.3, -0.25) is 0 Å². The van der Waals surface area contributed by atoms with Crippen LogP contribution in [0, 0.1) is 0 Å². The van der Waals surface area contributed by atoms with Gasteiger partial charge in [0, 0.05) is 53.4 Å². The highest BCUT2D eigenvalue weighted by Gasteiger charge is 2.25. The second-order valence-corrected chi connectivity index (χ2v) is 25.9. The molecular weight excluding hydrogens is 1150 g/mol. The summed E-state index contributed by atoms with van der Waals surface area (Å²) in [4.78, 5) is 4.98. The zero-order chi connectivity index (χ0) is 60.6. The molecule has 0 radical (unpaired) electrons. The second kappa shape index (κ2) is 22.3. The molecule has 16 aromatic carbocycles. The minimum atomic E-state index is 1.09. The zero-order valence-corrected chi connectivity index (χ0v) is 51.7. The van der Waals surface area contributed by atoms with Gasteiger partial charge in [-0.2, -0.15) is 0 Å². The third kappa shape index (κ3) is 9.06. The highest BCUT2D eigenvalue weighted by molar-refractivity contribution is 7.26. The average molecular weight is 1210 g/mol. The molecule has 0 fully saturated rings. The molecule has 0 bridgehead atoms. The van der Waals surface area contributed by atoms with Gasteiger partial charge >= 0.3 is 0 Å². The minimum absolute atomic E-state index is 1.09. The van der Waals surface area contributed by atoms with Crippen LogP contribution < -0.4 is 9.80 Å². The van der Waals surface area contributed by atoms with Crippen molar-refractivity contribution in [2.45, 2.75) is 0 Å². The van der Waals surface area contributed by atoms with Crippen LogP contribution in [-0.4, -0.2) is 0 Å². The predicted octanol–water partition coefficient (Wildman–Crippen LogP) is 26.3. The van der Waals surface area contributed by atoms with Crippen LogP contribution in [-0.2, 0) is 0 Å². The number of thiophene rings is 2. The lowest BCUT2D eigenvalue weighted by atomic mass is 9.87. The maximum absolute atomic E-state index is 2.49. The number of fused-ring (bicyclic) bond motifs is 6. The summed E-state index contributed by atoms with van der Waals surface area (Å²) in [6, 6.07) is 126. The van der Waals surface area contributed by atoms with E-state index in [1.165, 1.54) is 139 Å². The fourth-order valence-corrected chi connectivity index (χ4v) is 16.7. The van der Waals surface area contributed by atoms with Crippen LogP contribution in [0.4, 0.5) is 34.1 Å². The number of hydrogen-bond acceptors (Lipinski definition) is 4. The Bertz CT molecular complexity index is 5440. The largest absolute Gasteiger partial charge is 0.308 e. The van der Waals surface area contributed by atoms with E-state index in [2.05, 4.69) is 350 Å². The van der Waals surface area contributed by atoms with Crippen molar-refractivity contribution < 1.29 is 0 Å². The van der Waals surface area contributed by atoms with Crippen LogP contribution in [0.25, 0.3) is 139 Å². The number of rotatable bonds is 12. The first-order chi connectivity index (χ1) is 45.6. The lowest BCUT2D eigenvalue weighted by molar-refractivity contribution is 1.30. The number of nitrogens with zero attached hydrogens (tertiary/aromatic N) is 2. The third-order valence-corrected chi connectivity index (χ3v) is 21.1. The summed E-state index contributed by atoms with van der Waals surface area (Å²) in [5.41, 5.74) is 20.9. The summed E-state index contributed by atoms with van der Waals surface area (Å²) in [6.07, 6.45) is 0. The van der Waals surface area contributed by atoms with Crippen molar-refractivity contribution in [3.05, 3.63) is 340 Å². The molecule has 2 nitrogen and oxygen atoms in total. The van der Waals surface area contributed by atoms with Crippen LogP contribution >= 0.6 is 22.7 Å². The Morgan fingerprint density at radius 2 is 0.533 bits per heavy atom. The van der Waals surface area contributed by atoms with E-state index in [1.54, 1.807) is 0 Å². The Hall–Kier alpha value is -11.4. The van der Waals surface area contributed by atoms with E-state index in [0.717, 1.165) is 34.1 Å². The van der Waals surface area contributed by atoms with Crippen molar-refractivity contribution in [2.75, 3.05) is 9.80 Å². The molecule has 92 heavy (non-hydrogen) atoms. The predicted molar refractivity (Wildman–Crippen MR) is 398 cm³/mol. The monoisotopic (exact) mass is 1200 g/mol. The molecule has 0 saturated carbocycles. The highest BCUT2D eigenvalue weighted by Crippen LogP contribution is 2.52. The normalized spacial score (nSPS) is 11.7. The molecule has 0 atom stereocenters. The quantitative estimate of drug-likeness (QED) is 0.113. The van der Waals surface area contributed by atoms with E-state index in [9.17, 15) is 0 Å². The van der Waals surface area contributed by atoms with Gasteiger partial charge in [0.2, 0.25) is 0 Å². The first kappa shape index (κ1) is 53.6. The summed E-state index contributed by atoms with van der Waals surface area (Å²) >= 11 is 3.74. The Balaban J connectivity index is 0.754. The third-order valence-electron chi connectivity index (χ3n) is 18.6. The standard InChI is InChI=1S/C88H56N2S2/c1-5-19-57(20-6-1)65-43-53-79(77(55-65)59-23-9-3-10-24-59)89(81-31-17-29-75-71-27-13-15-33-83(71)91-87(75)81)67-45-35-61(36-46-67)69-49-39-63-42-52-74-70(50-40-64-41-51-73(69)85(63)86(64)74)62-37-47-68(48-38-62)90(82-32-18-30-76-72-28-14-16-34-84(72)92-88(76)82)80-54-44-66(58-21-7-2-8-22-58)56-78(80)60-25-11-4-12-26-60/h1-56H. The Kier molecular flexibility index (Phi) is 13.0. The van der Waals surface area contributed by atoms with Crippen molar-refractivity contribution in [3.63, 3.8) is 0 Å². The lowest BCUT2D eigenvalue weighted by Crippen LogP contribution is -2.11. The zero-order valence-electron chi connectivity index (χ0n) is 50.0. The van der Waals surface area contributed by atoms with E-state index in [0.29, 0.717) is 0 Å². The molecule has 0 aliphatic carbocycles. The van der Waals surface area contributed by atoms with Crippen LogP contribution in [0.15, 0.2) is 340 Å². The molecule has 18 rings (SSSR count). The fraction of sp³-hybridized carbons (Fsp3) is 0. The molecule has 0 aliphatic heterocycles. The SMILES string of the molecule is c1ccc(-c2ccc(N(c3ccc(-c4ccc5ccc6c(-c7ccc(N(c8ccc(-c9ccccc9)cc8-c8ccccc8)c8cccc9c8sc8ccccc89)cc7)ccc7ccc4c5c76)cc3)c3cccc4c3sc3ccccc34)c(-c3ccccc3)c2)cc1. The van der Waals surface area contributed by atoms with Gasteiger partial charge in [-0.1, -0.05) is 267 Å². The van der Waals surface area contributed by atoms with Gasteiger partial charge in [-0.25, -0.2) is 0 Å². The molecule has 4 heteroatoms. The smallest absolute Gasteiger partial charge is 0.0640 e. The first-order valence-corrected chi connectivity index (χ1v) is 33.1. The summed E-state index contributed by atoms with van der Waals surface area (Å²) in [5.74, 6) is 0. The summed E-state index contributed by atoms with van der Waals surface area (Å²) in [7, 11) is 0. The van der Waals surface area contributed by atoms with Gasteiger partial charge < -0.3 is 9.80 Å². The molecule has 0 unspecified atom stereocenters. The summed E-state index contributed by atoms with van der Waals surface area (Å²) in [6.45, 7) is 0. The Labute approximate surface area is 542 Å². The van der Waals surface area contributed by atoms with E-state index in [4.69, 9.17) is 0 Å². The topological polar surface area (TPSA) is 6.48 Å². The van der Waals surface area contributed by atoms with Gasteiger partial charge in [0.1, 0.15) is 0 Å². The van der Waals surface area contributed by atoms with Gasteiger partial charge in [0.05, 0.1) is 32.1 Å². The van der Waals surface area contributed by atoms with Gasteiger partial charge in [0.25, 0.3) is 0 Å². The van der Waals surface area contributed by atoms with Crippen molar-refractivity contribution >= 4 is 129 Å². The van der Waals surface area contributed by atoms with E-state index in [-0.39, 0.29) is 0 Å². The molecule has 0 N–H and O–H groups in total. The van der Waals surface area contributed by atoms with E-state index < -0.39 is 0 Å². The van der Waals surface area contributed by atoms with Gasteiger partial charge in [-0.15, -0.1) is 22.7 Å². The first-order valence-electron chi connectivity index (χ1n) is 31.5. The van der Waals surface area contributed by atoms with Crippen molar-refractivity contribution in [2.24, 2.45) is 0 Å². The number of benzene rings is 16. The lowest BCUT2D eigenvalue weighted by Gasteiger charge is -2.29.